The van der Waals surface area contributed by atoms with Gasteiger partial charge >= 0.3 is 0 Å². The normalized spacial score (nSPS) is 9.65. The summed E-state index contributed by atoms with van der Waals surface area (Å²) in [7, 11) is 0. The monoisotopic (exact) mass is 224 g/mol. The number of nitrogens with one attached hydrogen (secondary N) is 1. The van der Waals surface area contributed by atoms with Crippen LogP contribution >= 0.6 is 0 Å². The Balaban J connectivity index is 2.03. The van der Waals surface area contributed by atoms with Gasteiger partial charge in [0.05, 0.1) is 17.3 Å². The summed E-state index contributed by atoms with van der Waals surface area (Å²) in [6, 6.07) is 9.56. The summed E-state index contributed by atoms with van der Waals surface area (Å²) in [5.41, 5.74) is 2.65. The third-order valence-corrected chi connectivity index (χ3v) is 2.42. The van der Waals surface area contributed by atoms with E-state index in [1.54, 1.807) is 24.5 Å². The number of nitrogens with zero attached hydrogens (tertiary/aromatic N) is 3. The number of rotatable bonds is 3. The Hall–Kier alpha value is -2.41. The van der Waals surface area contributed by atoms with Crippen LogP contribution in [0.5, 0.6) is 0 Å². The third kappa shape index (κ3) is 2.79. The number of aryl methyl sites for hydroxylation is 1. The van der Waals surface area contributed by atoms with E-state index in [4.69, 9.17) is 5.26 Å². The van der Waals surface area contributed by atoms with Gasteiger partial charge in [-0.15, -0.1) is 0 Å². The first-order valence-electron chi connectivity index (χ1n) is 5.30. The fourth-order valence-corrected chi connectivity index (χ4v) is 1.46. The van der Waals surface area contributed by atoms with E-state index < -0.39 is 0 Å². The lowest BCUT2D eigenvalue weighted by Gasteiger charge is -2.07. The van der Waals surface area contributed by atoms with Crippen molar-refractivity contribution in [3.63, 3.8) is 0 Å². The number of benzene rings is 1. The second-order valence-electron chi connectivity index (χ2n) is 3.65. The van der Waals surface area contributed by atoms with E-state index in [1.165, 1.54) is 0 Å². The molecule has 0 saturated heterocycles. The second kappa shape index (κ2) is 5.08. The van der Waals surface area contributed by atoms with Crippen molar-refractivity contribution in [2.24, 2.45) is 0 Å². The summed E-state index contributed by atoms with van der Waals surface area (Å²) >= 11 is 0. The molecule has 0 fully saturated rings. The van der Waals surface area contributed by atoms with Crippen LogP contribution in [-0.4, -0.2) is 9.97 Å². The first-order chi connectivity index (χ1) is 8.29. The largest absolute Gasteiger partial charge is 0.364 e. The van der Waals surface area contributed by atoms with Gasteiger partial charge in [-0.3, -0.25) is 4.98 Å². The van der Waals surface area contributed by atoms with E-state index in [-0.39, 0.29) is 0 Å². The van der Waals surface area contributed by atoms with E-state index in [2.05, 4.69) is 21.4 Å². The molecular weight excluding hydrogens is 212 g/mol. The van der Waals surface area contributed by atoms with Crippen LogP contribution in [0.4, 0.5) is 5.82 Å². The van der Waals surface area contributed by atoms with E-state index in [9.17, 15) is 0 Å². The van der Waals surface area contributed by atoms with Crippen LogP contribution < -0.4 is 5.32 Å². The topological polar surface area (TPSA) is 61.6 Å². The minimum Gasteiger partial charge on any atom is -0.364 e. The van der Waals surface area contributed by atoms with Crippen LogP contribution in [0.25, 0.3) is 0 Å². The molecule has 0 atom stereocenters. The Bertz CT molecular complexity index is 540. The Kier molecular flexibility index (Phi) is 3.31. The highest BCUT2D eigenvalue weighted by atomic mass is 15.0. The van der Waals surface area contributed by atoms with Crippen molar-refractivity contribution in [3.05, 3.63) is 53.5 Å². The maximum Gasteiger partial charge on any atom is 0.147 e. The number of nitriles is 1. The Morgan fingerprint density at radius 3 is 2.53 bits per heavy atom. The standard InChI is InChI=1S/C13H12N4/c1-10-13(16-7-6-15-10)17-9-12-4-2-11(8-14)3-5-12/h2-7H,9H2,1H3,(H,16,17). The molecule has 0 saturated carbocycles. The molecular formula is C13H12N4. The van der Waals surface area contributed by atoms with Gasteiger partial charge in [-0.1, -0.05) is 12.1 Å². The molecule has 1 heterocycles. The van der Waals surface area contributed by atoms with Crippen molar-refractivity contribution in [3.8, 4) is 6.07 Å². The Morgan fingerprint density at radius 1 is 1.18 bits per heavy atom. The third-order valence-electron chi connectivity index (χ3n) is 2.42. The van der Waals surface area contributed by atoms with Gasteiger partial charge in [0, 0.05) is 18.9 Å². The van der Waals surface area contributed by atoms with Crippen LogP contribution in [0.15, 0.2) is 36.7 Å². The Labute approximate surface area is 100.0 Å². The van der Waals surface area contributed by atoms with Crippen LogP contribution in [0.1, 0.15) is 16.8 Å². The first kappa shape index (κ1) is 11.1. The summed E-state index contributed by atoms with van der Waals surface area (Å²) < 4.78 is 0. The number of anilines is 1. The van der Waals surface area contributed by atoms with Gasteiger partial charge in [0.15, 0.2) is 0 Å². The fraction of sp³-hybridized carbons (Fsp3) is 0.154. The van der Waals surface area contributed by atoms with Gasteiger partial charge in [-0.25, -0.2) is 4.98 Å². The Morgan fingerprint density at radius 2 is 1.88 bits per heavy atom. The predicted octanol–water partition coefficient (Wildman–Crippen LogP) is 2.27. The summed E-state index contributed by atoms with van der Waals surface area (Å²) in [4.78, 5) is 8.35. The van der Waals surface area contributed by atoms with Crippen molar-refractivity contribution >= 4 is 5.82 Å². The molecule has 4 heteroatoms. The molecule has 0 amide bonds. The maximum atomic E-state index is 8.69. The molecule has 4 nitrogen and oxygen atoms in total. The highest BCUT2D eigenvalue weighted by molar-refractivity contribution is 5.40. The molecule has 1 aromatic heterocycles. The quantitative estimate of drug-likeness (QED) is 0.868. The molecule has 0 unspecified atom stereocenters. The minimum atomic E-state index is 0.671. The SMILES string of the molecule is Cc1nccnc1NCc1ccc(C#N)cc1. The van der Waals surface area contributed by atoms with Gasteiger partial charge in [-0.05, 0) is 24.6 Å². The molecule has 0 radical (unpaired) electrons. The zero-order chi connectivity index (χ0) is 12.1. The lowest BCUT2D eigenvalue weighted by Crippen LogP contribution is -2.03. The molecule has 2 rings (SSSR count). The molecule has 0 bridgehead atoms. The lowest BCUT2D eigenvalue weighted by molar-refractivity contribution is 1.05. The van der Waals surface area contributed by atoms with Crippen LogP contribution in [0.2, 0.25) is 0 Å². The predicted molar refractivity (Wildman–Crippen MR) is 65.3 cm³/mol. The van der Waals surface area contributed by atoms with E-state index >= 15 is 0 Å². The van der Waals surface area contributed by atoms with Gasteiger partial charge in [0.1, 0.15) is 5.82 Å². The average Bonchev–Trinajstić information content (AvgIpc) is 2.38. The molecule has 17 heavy (non-hydrogen) atoms. The highest BCUT2D eigenvalue weighted by Gasteiger charge is 1.99. The molecule has 0 aliphatic rings. The molecule has 0 spiro atoms. The molecule has 1 N–H and O–H groups in total. The zero-order valence-electron chi connectivity index (χ0n) is 9.51. The first-order valence-corrected chi connectivity index (χ1v) is 5.30. The number of hydrogen-bond donors (Lipinski definition) is 1. The van der Waals surface area contributed by atoms with Crippen molar-refractivity contribution in [2.45, 2.75) is 13.5 Å². The van der Waals surface area contributed by atoms with E-state index in [0.29, 0.717) is 12.1 Å². The van der Waals surface area contributed by atoms with Gasteiger partial charge < -0.3 is 5.32 Å². The minimum absolute atomic E-state index is 0.671. The summed E-state index contributed by atoms with van der Waals surface area (Å²) in [6.45, 7) is 2.58. The van der Waals surface area contributed by atoms with Crippen LogP contribution in [0, 0.1) is 18.3 Å². The highest BCUT2D eigenvalue weighted by Crippen LogP contribution is 2.09. The van der Waals surface area contributed by atoms with Crippen LogP contribution in [-0.2, 0) is 6.54 Å². The van der Waals surface area contributed by atoms with Gasteiger partial charge in [-0.2, -0.15) is 5.26 Å². The summed E-state index contributed by atoms with van der Waals surface area (Å²) in [5.74, 6) is 0.789. The van der Waals surface area contributed by atoms with Crippen molar-refractivity contribution in [1.82, 2.24) is 9.97 Å². The lowest BCUT2D eigenvalue weighted by atomic mass is 10.1. The maximum absolute atomic E-state index is 8.69. The van der Waals surface area contributed by atoms with E-state index in [1.807, 2.05) is 19.1 Å². The average molecular weight is 224 g/mol. The number of hydrogen-bond acceptors (Lipinski definition) is 4. The van der Waals surface area contributed by atoms with Crippen LogP contribution in [0.3, 0.4) is 0 Å². The van der Waals surface area contributed by atoms with Gasteiger partial charge in [0.25, 0.3) is 0 Å². The molecule has 0 aliphatic heterocycles. The zero-order valence-corrected chi connectivity index (χ0v) is 9.51. The van der Waals surface area contributed by atoms with Crippen molar-refractivity contribution < 1.29 is 0 Å². The molecule has 1 aromatic carbocycles. The van der Waals surface area contributed by atoms with Gasteiger partial charge in [0.2, 0.25) is 0 Å². The molecule has 2 aromatic rings. The fourth-order valence-electron chi connectivity index (χ4n) is 1.46. The number of aromatic nitrogens is 2. The smallest absolute Gasteiger partial charge is 0.147 e. The van der Waals surface area contributed by atoms with Crippen molar-refractivity contribution in [2.75, 3.05) is 5.32 Å². The second-order valence-corrected chi connectivity index (χ2v) is 3.65. The molecule has 84 valence electrons. The van der Waals surface area contributed by atoms with E-state index in [0.717, 1.165) is 17.1 Å². The summed E-state index contributed by atoms with van der Waals surface area (Å²) in [6.07, 6.45) is 3.33. The molecule has 0 aliphatic carbocycles. The van der Waals surface area contributed by atoms with Crippen molar-refractivity contribution in [1.29, 1.82) is 5.26 Å². The summed E-state index contributed by atoms with van der Waals surface area (Å²) in [5, 5.41) is 11.9.